The van der Waals surface area contributed by atoms with Crippen molar-refractivity contribution in [1.29, 1.82) is 0 Å². The highest BCUT2D eigenvalue weighted by molar-refractivity contribution is 7.09. The Kier molecular flexibility index (Phi) is 4.74. The van der Waals surface area contributed by atoms with Gasteiger partial charge in [-0.3, -0.25) is 4.79 Å². The summed E-state index contributed by atoms with van der Waals surface area (Å²) in [5.74, 6) is -0.0469. The number of nitrogens with zero attached hydrogens (tertiary/aromatic N) is 1. The maximum absolute atomic E-state index is 11.9. The summed E-state index contributed by atoms with van der Waals surface area (Å²) >= 11 is 1.61. The average Bonchev–Trinajstić information content (AvgIpc) is 3.02. The zero-order valence-electron chi connectivity index (χ0n) is 11.3. The van der Waals surface area contributed by atoms with Gasteiger partial charge in [0.1, 0.15) is 5.69 Å². The number of aromatic nitrogens is 2. The van der Waals surface area contributed by atoms with Crippen molar-refractivity contribution < 1.29 is 4.79 Å². The minimum absolute atomic E-state index is 0.0469. The number of nitrogens with one attached hydrogen (secondary N) is 2. The normalized spacial score (nSPS) is 10.6. The number of hydrogen-bond acceptors (Lipinski definition) is 3. The molecule has 19 heavy (non-hydrogen) atoms. The molecule has 0 fully saturated rings. The second kappa shape index (κ2) is 6.52. The van der Waals surface area contributed by atoms with E-state index < -0.39 is 0 Å². The van der Waals surface area contributed by atoms with Crippen molar-refractivity contribution in [1.82, 2.24) is 15.3 Å². The van der Waals surface area contributed by atoms with Crippen molar-refractivity contribution in [3.05, 3.63) is 28.3 Å². The van der Waals surface area contributed by atoms with Crippen LogP contribution in [0.15, 0.2) is 17.6 Å². The van der Waals surface area contributed by atoms with Gasteiger partial charge in [0.25, 0.3) is 5.91 Å². The van der Waals surface area contributed by atoms with Crippen LogP contribution in [0, 0.1) is 6.92 Å². The molecule has 102 valence electrons. The molecule has 2 aromatic rings. The number of thiazole rings is 1. The molecule has 0 saturated heterocycles. The van der Waals surface area contributed by atoms with E-state index in [0.717, 1.165) is 42.1 Å². The second-order valence-corrected chi connectivity index (χ2v) is 5.58. The van der Waals surface area contributed by atoms with Gasteiger partial charge < -0.3 is 10.3 Å². The van der Waals surface area contributed by atoms with Crippen molar-refractivity contribution in [2.45, 2.75) is 33.1 Å². The minimum atomic E-state index is -0.0469. The predicted molar refractivity (Wildman–Crippen MR) is 78.5 cm³/mol. The van der Waals surface area contributed by atoms with E-state index in [9.17, 15) is 4.79 Å². The molecule has 0 spiro atoms. The fraction of sp³-hybridized carbons (Fsp3) is 0.429. The molecule has 0 bridgehead atoms. The quantitative estimate of drug-likeness (QED) is 0.795. The smallest absolute Gasteiger partial charge is 0.267 e. The Morgan fingerprint density at radius 1 is 1.47 bits per heavy atom. The molecule has 0 aromatic carbocycles. The number of H-pyrrole nitrogens is 1. The molecule has 0 saturated carbocycles. The first-order valence-electron chi connectivity index (χ1n) is 6.60. The van der Waals surface area contributed by atoms with Crippen LogP contribution in [0.5, 0.6) is 0 Å². The van der Waals surface area contributed by atoms with Crippen molar-refractivity contribution in [2.75, 3.05) is 6.54 Å². The van der Waals surface area contributed by atoms with E-state index in [-0.39, 0.29) is 5.91 Å². The van der Waals surface area contributed by atoms with Gasteiger partial charge in [-0.05, 0) is 19.4 Å². The van der Waals surface area contributed by atoms with Crippen LogP contribution in [-0.4, -0.2) is 22.4 Å². The maximum Gasteiger partial charge on any atom is 0.267 e. The Hall–Kier alpha value is -1.62. The maximum atomic E-state index is 11.9. The molecule has 0 unspecified atom stereocenters. The van der Waals surface area contributed by atoms with Gasteiger partial charge in [0.2, 0.25) is 0 Å². The Bertz CT molecular complexity index is 544. The highest BCUT2D eigenvalue weighted by atomic mass is 32.1. The molecule has 0 aliphatic heterocycles. The summed E-state index contributed by atoms with van der Waals surface area (Å²) in [6.45, 7) is 4.86. The van der Waals surface area contributed by atoms with Crippen LogP contribution in [-0.2, 0) is 0 Å². The third kappa shape index (κ3) is 3.67. The lowest BCUT2D eigenvalue weighted by atomic mass is 10.2. The number of amides is 1. The number of aromatic amines is 1. The van der Waals surface area contributed by atoms with Crippen molar-refractivity contribution in [3.8, 4) is 11.3 Å². The average molecular weight is 277 g/mol. The monoisotopic (exact) mass is 277 g/mol. The first-order valence-corrected chi connectivity index (χ1v) is 7.47. The summed E-state index contributed by atoms with van der Waals surface area (Å²) in [6.07, 6.45) is 5.16. The van der Waals surface area contributed by atoms with Gasteiger partial charge in [0.05, 0.1) is 10.7 Å². The van der Waals surface area contributed by atoms with E-state index in [1.165, 1.54) is 0 Å². The fourth-order valence-corrected chi connectivity index (χ4v) is 2.46. The number of carbonyl (C=O) groups excluding carboxylic acids is 1. The summed E-state index contributed by atoms with van der Waals surface area (Å²) in [5.41, 5.74) is 2.48. The Labute approximate surface area is 117 Å². The molecule has 0 aliphatic carbocycles. The molecular formula is C14H19N3OS. The lowest BCUT2D eigenvalue weighted by Gasteiger charge is -2.02. The van der Waals surface area contributed by atoms with Gasteiger partial charge in [-0.1, -0.05) is 19.8 Å². The van der Waals surface area contributed by atoms with Crippen LogP contribution >= 0.6 is 11.3 Å². The molecule has 0 aliphatic rings. The van der Waals surface area contributed by atoms with Gasteiger partial charge in [0.15, 0.2) is 0 Å². The van der Waals surface area contributed by atoms with Crippen LogP contribution < -0.4 is 5.32 Å². The van der Waals surface area contributed by atoms with Gasteiger partial charge in [-0.2, -0.15) is 0 Å². The largest absolute Gasteiger partial charge is 0.357 e. The summed E-state index contributed by atoms with van der Waals surface area (Å²) in [5, 5.41) is 5.95. The van der Waals surface area contributed by atoms with Crippen LogP contribution in [0.3, 0.4) is 0 Å². The van der Waals surface area contributed by atoms with E-state index in [0.29, 0.717) is 5.69 Å². The van der Waals surface area contributed by atoms with Crippen molar-refractivity contribution in [2.24, 2.45) is 0 Å². The van der Waals surface area contributed by atoms with E-state index in [4.69, 9.17) is 0 Å². The Morgan fingerprint density at radius 2 is 2.32 bits per heavy atom. The van der Waals surface area contributed by atoms with E-state index in [1.807, 2.05) is 24.6 Å². The van der Waals surface area contributed by atoms with E-state index in [2.05, 4.69) is 22.2 Å². The third-order valence-corrected chi connectivity index (χ3v) is 3.68. The molecule has 1 amide bonds. The summed E-state index contributed by atoms with van der Waals surface area (Å²) < 4.78 is 0. The second-order valence-electron chi connectivity index (χ2n) is 4.52. The highest BCUT2D eigenvalue weighted by Gasteiger charge is 2.10. The Morgan fingerprint density at radius 3 is 3.00 bits per heavy atom. The SMILES string of the molecule is CCCCCNC(=O)c1cc(-c2csc(C)n2)c[nH]1. The van der Waals surface area contributed by atoms with Gasteiger partial charge in [-0.25, -0.2) is 4.98 Å². The number of carbonyl (C=O) groups is 1. The van der Waals surface area contributed by atoms with Crippen LogP contribution in [0.4, 0.5) is 0 Å². The number of aryl methyl sites for hydroxylation is 1. The summed E-state index contributed by atoms with van der Waals surface area (Å²) in [7, 11) is 0. The van der Waals surface area contributed by atoms with Crippen LogP contribution in [0.25, 0.3) is 11.3 Å². The molecule has 0 atom stereocenters. The number of hydrogen-bond donors (Lipinski definition) is 2. The minimum Gasteiger partial charge on any atom is -0.357 e. The number of rotatable bonds is 6. The fourth-order valence-electron chi connectivity index (χ4n) is 1.84. The zero-order chi connectivity index (χ0) is 13.7. The summed E-state index contributed by atoms with van der Waals surface area (Å²) in [6, 6.07) is 1.85. The van der Waals surface area contributed by atoms with Crippen LogP contribution in [0.2, 0.25) is 0 Å². The standard InChI is InChI=1S/C14H19N3OS/c1-3-4-5-6-15-14(18)12-7-11(8-16-12)13-9-19-10(2)17-13/h7-9,16H,3-6H2,1-2H3,(H,15,18). The molecule has 2 N–H and O–H groups in total. The molecular weight excluding hydrogens is 258 g/mol. The lowest BCUT2D eigenvalue weighted by molar-refractivity contribution is 0.0948. The summed E-state index contributed by atoms with van der Waals surface area (Å²) in [4.78, 5) is 19.3. The van der Waals surface area contributed by atoms with E-state index in [1.54, 1.807) is 11.3 Å². The highest BCUT2D eigenvalue weighted by Crippen LogP contribution is 2.22. The first kappa shape index (κ1) is 13.8. The lowest BCUT2D eigenvalue weighted by Crippen LogP contribution is -2.24. The Balaban J connectivity index is 1.95. The molecule has 0 radical (unpaired) electrons. The van der Waals surface area contributed by atoms with Crippen molar-refractivity contribution in [3.63, 3.8) is 0 Å². The molecule has 2 rings (SSSR count). The predicted octanol–water partition coefficient (Wildman–Crippen LogP) is 3.37. The molecule has 2 heterocycles. The third-order valence-electron chi connectivity index (χ3n) is 2.91. The van der Waals surface area contributed by atoms with E-state index >= 15 is 0 Å². The molecule has 2 aromatic heterocycles. The van der Waals surface area contributed by atoms with Gasteiger partial charge >= 0.3 is 0 Å². The molecule has 4 nitrogen and oxygen atoms in total. The number of unbranched alkanes of at least 4 members (excludes halogenated alkanes) is 2. The zero-order valence-corrected chi connectivity index (χ0v) is 12.1. The first-order chi connectivity index (χ1) is 9.20. The van der Waals surface area contributed by atoms with Gasteiger partial charge in [-0.15, -0.1) is 11.3 Å². The van der Waals surface area contributed by atoms with Crippen LogP contribution in [0.1, 0.15) is 41.7 Å². The molecule has 5 heteroatoms. The topological polar surface area (TPSA) is 57.8 Å². The van der Waals surface area contributed by atoms with Gasteiger partial charge in [0, 0.05) is 23.7 Å². The van der Waals surface area contributed by atoms with Crippen molar-refractivity contribution >= 4 is 17.2 Å².